The van der Waals surface area contributed by atoms with Gasteiger partial charge >= 0.3 is 0 Å². The minimum Gasteiger partial charge on any atom is -0.488 e. The number of aromatic nitrogens is 1. The van der Waals surface area contributed by atoms with E-state index in [9.17, 15) is 19.8 Å². The van der Waals surface area contributed by atoms with Crippen LogP contribution < -0.4 is 10.1 Å². The number of amides is 1. The number of furan rings is 1. The number of aryl methyl sites for hydroxylation is 1. The molecule has 2 fully saturated rings. The second-order valence-corrected chi connectivity index (χ2v) is 12.4. The largest absolute Gasteiger partial charge is 0.488 e. The number of nitrogens with zero attached hydrogens (tertiary/aromatic N) is 1. The van der Waals surface area contributed by atoms with Crippen LogP contribution in [0, 0.1) is 5.92 Å². The summed E-state index contributed by atoms with van der Waals surface area (Å²) in [6.45, 7) is 4.89. The summed E-state index contributed by atoms with van der Waals surface area (Å²) >= 11 is 0. The van der Waals surface area contributed by atoms with Crippen LogP contribution in [0.1, 0.15) is 90.5 Å². The number of hydrogen-bond acceptors (Lipinski definition) is 7. The van der Waals surface area contributed by atoms with Crippen molar-refractivity contribution in [2.75, 3.05) is 19.6 Å². The van der Waals surface area contributed by atoms with Gasteiger partial charge in [-0.1, -0.05) is 13.0 Å². The minimum atomic E-state index is -0.702. The van der Waals surface area contributed by atoms with Crippen LogP contribution in [0.15, 0.2) is 34.9 Å². The first-order valence-corrected chi connectivity index (χ1v) is 15.1. The summed E-state index contributed by atoms with van der Waals surface area (Å²) in [5.41, 5.74) is 1.99. The van der Waals surface area contributed by atoms with Crippen LogP contribution in [0.2, 0.25) is 0 Å². The number of ketones is 1. The van der Waals surface area contributed by atoms with Gasteiger partial charge in [0.2, 0.25) is 0 Å². The van der Waals surface area contributed by atoms with Gasteiger partial charge in [-0.05, 0) is 69.1 Å². The summed E-state index contributed by atoms with van der Waals surface area (Å²) in [6, 6.07) is 7.47. The third kappa shape index (κ3) is 6.08. The van der Waals surface area contributed by atoms with E-state index in [4.69, 9.17) is 9.15 Å². The van der Waals surface area contributed by atoms with E-state index in [1.165, 1.54) is 0 Å². The maximum atomic E-state index is 13.2. The van der Waals surface area contributed by atoms with Crippen molar-refractivity contribution in [3.05, 3.63) is 53.1 Å². The van der Waals surface area contributed by atoms with E-state index < -0.39 is 5.60 Å². The highest BCUT2D eigenvalue weighted by Crippen LogP contribution is 2.33. The zero-order valence-corrected chi connectivity index (χ0v) is 23.8. The van der Waals surface area contributed by atoms with Gasteiger partial charge in [-0.2, -0.15) is 0 Å². The highest BCUT2D eigenvalue weighted by molar-refractivity contribution is 6.00. The van der Waals surface area contributed by atoms with Crippen molar-refractivity contribution in [2.45, 2.75) is 89.1 Å². The first-order valence-electron chi connectivity index (χ1n) is 15.1. The van der Waals surface area contributed by atoms with E-state index in [-0.39, 0.29) is 36.4 Å². The second kappa shape index (κ2) is 11.6. The van der Waals surface area contributed by atoms with E-state index in [1.807, 2.05) is 24.3 Å². The number of piperidine rings is 1. The first-order chi connectivity index (χ1) is 19.8. The van der Waals surface area contributed by atoms with Crippen molar-refractivity contribution in [1.29, 1.82) is 0 Å². The molecule has 0 unspecified atom stereocenters. The predicted octanol–water partition coefficient (Wildman–Crippen LogP) is 4.36. The topological polar surface area (TPSA) is 128 Å². The third-order valence-electron chi connectivity index (χ3n) is 9.37. The van der Waals surface area contributed by atoms with Crippen LogP contribution in [-0.2, 0) is 13.0 Å². The molecule has 220 valence electrons. The van der Waals surface area contributed by atoms with Crippen LogP contribution in [0.25, 0.3) is 10.9 Å². The molecule has 9 heteroatoms. The van der Waals surface area contributed by atoms with E-state index in [0.717, 1.165) is 80.4 Å². The molecule has 6 rings (SSSR count). The van der Waals surface area contributed by atoms with Gasteiger partial charge in [-0.25, -0.2) is 0 Å². The molecule has 41 heavy (non-hydrogen) atoms. The molecule has 2 aromatic heterocycles. The number of aliphatic hydroxyl groups excluding tert-OH is 1. The second-order valence-electron chi connectivity index (χ2n) is 12.4. The zero-order chi connectivity index (χ0) is 28.6. The SMILES string of the molecule is C[C@H]1CN(CC[C@]2(O)CC[C@@H](NC(=O)c3cc4c(OCc5coc6c5C(=O)CCC6)cccc4[nH]3)CC2)CC[C@@H]1O. The van der Waals surface area contributed by atoms with Gasteiger partial charge in [0, 0.05) is 55.0 Å². The maximum Gasteiger partial charge on any atom is 0.267 e. The van der Waals surface area contributed by atoms with Crippen molar-refractivity contribution < 1.29 is 29.0 Å². The number of aliphatic hydroxyl groups is 2. The normalized spacial score (nSPS) is 27.1. The number of fused-ring (bicyclic) bond motifs is 2. The molecule has 3 aromatic rings. The molecule has 0 spiro atoms. The number of benzene rings is 1. The Labute approximate surface area is 240 Å². The Morgan fingerprint density at radius 2 is 2.07 bits per heavy atom. The monoisotopic (exact) mass is 563 g/mol. The molecule has 4 N–H and O–H groups in total. The lowest BCUT2D eigenvalue weighted by atomic mass is 9.80. The molecule has 1 saturated carbocycles. The van der Waals surface area contributed by atoms with Crippen LogP contribution >= 0.6 is 0 Å². The average Bonchev–Trinajstić information content (AvgIpc) is 3.60. The molecule has 0 bridgehead atoms. The van der Waals surface area contributed by atoms with Crippen LogP contribution in [0.4, 0.5) is 0 Å². The number of ether oxygens (including phenoxy) is 1. The van der Waals surface area contributed by atoms with Crippen molar-refractivity contribution in [3.63, 3.8) is 0 Å². The number of hydrogen-bond donors (Lipinski definition) is 4. The summed E-state index contributed by atoms with van der Waals surface area (Å²) in [5, 5.41) is 25.1. The zero-order valence-electron chi connectivity index (χ0n) is 23.8. The van der Waals surface area contributed by atoms with E-state index in [2.05, 4.69) is 22.1 Å². The lowest BCUT2D eigenvalue weighted by molar-refractivity contribution is -0.0272. The fourth-order valence-electron chi connectivity index (χ4n) is 6.73. The van der Waals surface area contributed by atoms with Crippen LogP contribution in [0.3, 0.4) is 0 Å². The number of aromatic amines is 1. The molecular weight excluding hydrogens is 522 g/mol. The summed E-state index contributed by atoms with van der Waals surface area (Å²) < 4.78 is 11.7. The van der Waals surface area contributed by atoms with Crippen LogP contribution in [0.5, 0.6) is 5.75 Å². The quantitative estimate of drug-likeness (QED) is 0.321. The highest BCUT2D eigenvalue weighted by atomic mass is 16.5. The fourth-order valence-corrected chi connectivity index (χ4v) is 6.73. The molecule has 0 radical (unpaired) electrons. The number of likely N-dealkylation sites (tertiary alicyclic amines) is 1. The van der Waals surface area contributed by atoms with E-state index in [1.54, 1.807) is 6.26 Å². The minimum absolute atomic E-state index is 0.0138. The summed E-state index contributed by atoms with van der Waals surface area (Å²) in [5.74, 6) is 1.59. The van der Waals surface area contributed by atoms with E-state index in [0.29, 0.717) is 36.3 Å². The third-order valence-corrected chi connectivity index (χ3v) is 9.37. The number of carbonyl (C=O) groups is 2. The molecule has 3 heterocycles. The Morgan fingerprint density at radius 1 is 1.24 bits per heavy atom. The molecule has 1 saturated heterocycles. The van der Waals surface area contributed by atoms with Crippen molar-refractivity contribution in [3.8, 4) is 5.75 Å². The Morgan fingerprint density at radius 3 is 2.88 bits per heavy atom. The number of Topliss-reactive ketones (excluding diaryl/α,β-unsaturated/α-hetero) is 1. The Balaban J connectivity index is 1.03. The van der Waals surface area contributed by atoms with Gasteiger partial charge in [-0.15, -0.1) is 0 Å². The van der Waals surface area contributed by atoms with Crippen molar-refractivity contribution in [1.82, 2.24) is 15.2 Å². The summed E-state index contributed by atoms with van der Waals surface area (Å²) in [4.78, 5) is 31.1. The lowest BCUT2D eigenvalue weighted by Crippen LogP contribution is -2.47. The van der Waals surface area contributed by atoms with Gasteiger partial charge in [0.25, 0.3) is 5.91 Å². The Bertz CT molecular complexity index is 1400. The molecule has 3 aliphatic rings. The van der Waals surface area contributed by atoms with Gasteiger partial charge < -0.3 is 34.6 Å². The molecule has 2 atom stereocenters. The average molecular weight is 564 g/mol. The number of nitrogens with one attached hydrogen (secondary N) is 2. The Kier molecular flexibility index (Phi) is 7.94. The van der Waals surface area contributed by atoms with Crippen molar-refractivity contribution in [2.24, 2.45) is 5.92 Å². The molecule has 1 aliphatic heterocycles. The predicted molar refractivity (Wildman–Crippen MR) is 154 cm³/mol. The fraction of sp³-hybridized carbons (Fsp3) is 0.562. The molecule has 1 amide bonds. The van der Waals surface area contributed by atoms with Gasteiger partial charge in [-0.3, -0.25) is 9.59 Å². The van der Waals surface area contributed by atoms with Crippen LogP contribution in [-0.4, -0.2) is 69.2 Å². The van der Waals surface area contributed by atoms with Crippen molar-refractivity contribution >= 4 is 22.6 Å². The number of carbonyl (C=O) groups excluding carboxylic acids is 2. The number of rotatable bonds is 8. The summed E-state index contributed by atoms with van der Waals surface area (Å²) in [7, 11) is 0. The first kappa shape index (κ1) is 28.0. The lowest BCUT2D eigenvalue weighted by Gasteiger charge is -2.39. The Hall–Kier alpha value is -3.14. The van der Waals surface area contributed by atoms with Gasteiger partial charge in [0.05, 0.1) is 23.5 Å². The molecule has 9 nitrogen and oxygen atoms in total. The molecule has 2 aliphatic carbocycles. The molecule has 1 aromatic carbocycles. The maximum absolute atomic E-state index is 13.2. The standard InChI is InChI=1S/C32H41N3O6/c1-20-17-35(14-10-26(20)36)15-13-32(39)11-8-22(9-12-32)33-31(38)25-16-23-24(34-25)4-2-6-28(23)40-18-21-19-41-29-7-3-5-27(37)30(21)29/h2,4,6,16,19-20,22,26,34,36,39H,3,5,7-15,17-18H2,1H3,(H,33,38)/t20-,22-,26-,32+/m0/s1. The smallest absolute Gasteiger partial charge is 0.267 e. The summed E-state index contributed by atoms with van der Waals surface area (Å²) in [6.07, 6.45) is 7.84. The van der Waals surface area contributed by atoms with E-state index >= 15 is 0 Å². The highest BCUT2D eigenvalue weighted by Gasteiger charge is 2.35. The van der Waals surface area contributed by atoms with Gasteiger partial charge in [0.15, 0.2) is 5.78 Å². The number of H-pyrrole nitrogens is 1. The molecular formula is C32H41N3O6. The van der Waals surface area contributed by atoms with Gasteiger partial charge in [0.1, 0.15) is 23.8 Å².